The van der Waals surface area contributed by atoms with E-state index in [9.17, 15) is 9.59 Å². The van der Waals surface area contributed by atoms with Gasteiger partial charge in [-0.2, -0.15) is 0 Å². The summed E-state index contributed by atoms with van der Waals surface area (Å²) >= 11 is 1.27. The number of benzene rings is 2. The summed E-state index contributed by atoms with van der Waals surface area (Å²) in [5.74, 6) is -0.358. The molecular weight excluding hydrogens is 398 g/mol. The zero-order chi connectivity index (χ0) is 21.5. The molecule has 3 rings (SSSR count). The molecule has 8 heteroatoms. The number of nitrogens with zero attached hydrogens (tertiary/aromatic N) is 3. The summed E-state index contributed by atoms with van der Waals surface area (Å²) in [5.41, 5.74) is 5.15. The lowest BCUT2D eigenvalue weighted by molar-refractivity contribution is -0.122. The van der Waals surface area contributed by atoms with Gasteiger partial charge >= 0.3 is 0 Å². The minimum absolute atomic E-state index is 0.0821. The molecule has 0 saturated heterocycles. The second-order valence-corrected chi connectivity index (χ2v) is 7.82. The van der Waals surface area contributed by atoms with Crippen molar-refractivity contribution in [2.24, 2.45) is 0 Å². The highest BCUT2D eigenvalue weighted by Crippen LogP contribution is 2.21. The number of nitrogens with one attached hydrogen (secondary N) is 2. The molecule has 2 aromatic carbocycles. The summed E-state index contributed by atoms with van der Waals surface area (Å²) in [6.45, 7) is 6.05. The quantitative estimate of drug-likeness (QED) is 0.543. The molecule has 0 radical (unpaired) electrons. The SMILES string of the molecule is CCc1ccccc1NC(=O)CNC(=O)CSc1nncn1-c1ccc(C)c(C)c1. The third kappa shape index (κ3) is 5.48. The molecule has 0 fully saturated rings. The second kappa shape index (κ2) is 10.1. The van der Waals surface area contributed by atoms with E-state index in [1.165, 1.54) is 22.9 Å². The van der Waals surface area contributed by atoms with Crippen molar-refractivity contribution in [2.75, 3.05) is 17.6 Å². The molecule has 0 aliphatic carbocycles. The molecule has 1 aromatic heterocycles. The van der Waals surface area contributed by atoms with Crippen molar-refractivity contribution in [2.45, 2.75) is 32.3 Å². The number of para-hydroxylation sites is 1. The van der Waals surface area contributed by atoms with Crippen LogP contribution in [0.3, 0.4) is 0 Å². The Kier molecular flexibility index (Phi) is 7.24. The van der Waals surface area contributed by atoms with E-state index in [-0.39, 0.29) is 24.1 Å². The topological polar surface area (TPSA) is 88.9 Å². The number of amides is 2. The minimum Gasteiger partial charge on any atom is -0.346 e. The van der Waals surface area contributed by atoms with Crippen LogP contribution in [0.5, 0.6) is 0 Å². The van der Waals surface area contributed by atoms with Crippen LogP contribution in [0.25, 0.3) is 5.69 Å². The number of carbonyl (C=O) groups is 2. The summed E-state index contributed by atoms with van der Waals surface area (Å²) in [7, 11) is 0. The molecule has 1 heterocycles. The maximum absolute atomic E-state index is 12.2. The summed E-state index contributed by atoms with van der Waals surface area (Å²) in [4.78, 5) is 24.4. The third-order valence-electron chi connectivity index (χ3n) is 4.74. The predicted octanol–water partition coefficient (Wildman–Crippen LogP) is 3.29. The molecule has 156 valence electrons. The van der Waals surface area contributed by atoms with E-state index < -0.39 is 0 Å². The third-order valence-corrected chi connectivity index (χ3v) is 5.68. The Morgan fingerprint density at radius 2 is 1.87 bits per heavy atom. The first-order valence-corrected chi connectivity index (χ1v) is 10.7. The molecule has 0 saturated carbocycles. The lowest BCUT2D eigenvalue weighted by atomic mass is 10.1. The van der Waals surface area contributed by atoms with E-state index in [2.05, 4.69) is 33.8 Å². The standard InChI is InChI=1S/C22H25N5O2S/c1-4-17-7-5-6-8-19(17)25-20(28)12-23-21(29)13-30-22-26-24-14-27(22)18-10-9-15(2)16(3)11-18/h5-11,14H,4,12-13H2,1-3H3,(H,23,29)(H,25,28). The van der Waals surface area contributed by atoms with Gasteiger partial charge in [0.1, 0.15) is 6.33 Å². The maximum atomic E-state index is 12.2. The highest BCUT2D eigenvalue weighted by Gasteiger charge is 2.12. The molecule has 0 atom stereocenters. The van der Waals surface area contributed by atoms with E-state index in [1.807, 2.05) is 54.8 Å². The molecule has 0 spiro atoms. The van der Waals surface area contributed by atoms with Crippen molar-refractivity contribution in [3.63, 3.8) is 0 Å². The lowest BCUT2D eigenvalue weighted by Gasteiger charge is -2.10. The zero-order valence-electron chi connectivity index (χ0n) is 17.3. The van der Waals surface area contributed by atoms with Gasteiger partial charge < -0.3 is 10.6 Å². The number of rotatable bonds is 8. The van der Waals surface area contributed by atoms with Gasteiger partial charge in [-0.15, -0.1) is 10.2 Å². The largest absolute Gasteiger partial charge is 0.346 e. The van der Waals surface area contributed by atoms with E-state index in [0.717, 1.165) is 23.4 Å². The van der Waals surface area contributed by atoms with Crippen LogP contribution < -0.4 is 10.6 Å². The fraction of sp³-hybridized carbons (Fsp3) is 0.273. The molecule has 2 N–H and O–H groups in total. The number of hydrogen-bond donors (Lipinski definition) is 2. The van der Waals surface area contributed by atoms with Crippen LogP contribution in [0.1, 0.15) is 23.6 Å². The van der Waals surface area contributed by atoms with E-state index in [0.29, 0.717) is 5.16 Å². The second-order valence-electron chi connectivity index (χ2n) is 6.88. The molecule has 0 aliphatic heterocycles. The molecule has 0 aliphatic rings. The highest BCUT2D eigenvalue weighted by atomic mass is 32.2. The first-order chi connectivity index (χ1) is 14.5. The average Bonchev–Trinajstić information content (AvgIpc) is 3.22. The average molecular weight is 424 g/mol. The Morgan fingerprint density at radius 1 is 1.07 bits per heavy atom. The van der Waals surface area contributed by atoms with Crippen molar-refractivity contribution in [3.8, 4) is 5.69 Å². The predicted molar refractivity (Wildman–Crippen MR) is 119 cm³/mol. The summed E-state index contributed by atoms with van der Waals surface area (Å²) in [5, 5.41) is 14.2. The molecular formula is C22H25N5O2S. The monoisotopic (exact) mass is 423 g/mol. The fourth-order valence-electron chi connectivity index (χ4n) is 2.88. The Labute approximate surface area is 180 Å². The molecule has 2 amide bonds. The number of carbonyl (C=O) groups excluding carboxylic acids is 2. The van der Waals surface area contributed by atoms with Crippen LogP contribution in [0.2, 0.25) is 0 Å². The first-order valence-electron chi connectivity index (χ1n) is 9.72. The normalized spacial score (nSPS) is 10.6. The van der Waals surface area contributed by atoms with Crippen LogP contribution in [0, 0.1) is 13.8 Å². The number of anilines is 1. The Balaban J connectivity index is 1.51. The smallest absolute Gasteiger partial charge is 0.243 e. The summed E-state index contributed by atoms with van der Waals surface area (Å²) in [6, 6.07) is 13.7. The Hall–Kier alpha value is -3.13. The molecule has 0 bridgehead atoms. The van der Waals surface area contributed by atoms with Crippen molar-refractivity contribution in [1.29, 1.82) is 0 Å². The lowest BCUT2D eigenvalue weighted by Crippen LogP contribution is -2.34. The van der Waals surface area contributed by atoms with Gasteiger partial charge in [-0.25, -0.2) is 0 Å². The van der Waals surface area contributed by atoms with Gasteiger partial charge in [0.15, 0.2) is 5.16 Å². The Bertz CT molecular complexity index is 1050. The van der Waals surface area contributed by atoms with E-state index in [1.54, 1.807) is 6.33 Å². The Morgan fingerprint density at radius 3 is 2.63 bits per heavy atom. The first kappa shape index (κ1) is 21.6. The van der Waals surface area contributed by atoms with Gasteiger partial charge in [0.2, 0.25) is 11.8 Å². The molecule has 0 unspecified atom stereocenters. The van der Waals surface area contributed by atoms with Crippen LogP contribution in [0.15, 0.2) is 53.9 Å². The number of aryl methyl sites for hydroxylation is 3. The van der Waals surface area contributed by atoms with Crippen molar-refractivity contribution in [3.05, 3.63) is 65.5 Å². The fourth-order valence-corrected chi connectivity index (χ4v) is 3.64. The van der Waals surface area contributed by atoms with Crippen LogP contribution in [-0.2, 0) is 16.0 Å². The summed E-state index contributed by atoms with van der Waals surface area (Å²) < 4.78 is 1.85. The number of hydrogen-bond acceptors (Lipinski definition) is 5. The molecule has 30 heavy (non-hydrogen) atoms. The van der Waals surface area contributed by atoms with Gasteiger partial charge in [-0.05, 0) is 55.2 Å². The van der Waals surface area contributed by atoms with Crippen molar-refractivity contribution < 1.29 is 9.59 Å². The van der Waals surface area contributed by atoms with Gasteiger partial charge in [-0.3, -0.25) is 14.2 Å². The van der Waals surface area contributed by atoms with E-state index in [4.69, 9.17) is 0 Å². The van der Waals surface area contributed by atoms with Gasteiger partial charge in [-0.1, -0.05) is 43.0 Å². The number of aromatic nitrogens is 3. The van der Waals surface area contributed by atoms with Crippen LogP contribution in [-0.4, -0.2) is 38.9 Å². The van der Waals surface area contributed by atoms with Crippen molar-refractivity contribution >= 4 is 29.3 Å². The van der Waals surface area contributed by atoms with E-state index >= 15 is 0 Å². The van der Waals surface area contributed by atoms with Gasteiger partial charge in [0.25, 0.3) is 0 Å². The highest BCUT2D eigenvalue weighted by molar-refractivity contribution is 7.99. The number of thioether (sulfide) groups is 1. The van der Waals surface area contributed by atoms with Crippen LogP contribution >= 0.6 is 11.8 Å². The zero-order valence-corrected chi connectivity index (χ0v) is 18.1. The maximum Gasteiger partial charge on any atom is 0.243 e. The van der Waals surface area contributed by atoms with Crippen molar-refractivity contribution in [1.82, 2.24) is 20.1 Å². The van der Waals surface area contributed by atoms with Gasteiger partial charge in [0.05, 0.1) is 12.3 Å². The van der Waals surface area contributed by atoms with Gasteiger partial charge in [0, 0.05) is 11.4 Å². The summed E-state index contributed by atoms with van der Waals surface area (Å²) in [6.07, 6.45) is 2.45. The molecule has 7 nitrogen and oxygen atoms in total. The molecule has 3 aromatic rings. The van der Waals surface area contributed by atoms with Crippen LogP contribution in [0.4, 0.5) is 5.69 Å². The minimum atomic E-state index is -0.257.